The number of benzene rings is 1. The van der Waals surface area contributed by atoms with Gasteiger partial charge in [-0.1, -0.05) is 23.2 Å². The fraction of sp³-hybridized carbons (Fsp3) is 0.250. The number of rotatable bonds is 4. The lowest BCUT2D eigenvalue weighted by molar-refractivity contribution is 0.486. The van der Waals surface area contributed by atoms with Crippen molar-refractivity contribution in [2.45, 2.75) is 4.90 Å². The minimum absolute atomic E-state index is 0.0950. The third-order valence-electron chi connectivity index (χ3n) is 1.68. The first-order chi connectivity index (χ1) is 7.40. The highest BCUT2D eigenvalue weighted by Gasteiger charge is 2.20. The summed E-state index contributed by atoms with van der Waals surface area (Å²) in [6, 6.07) is 2.75. The zero-order valence-electron chi connectivity index (χ0n) is 7.81. The lowest BCUT2D eigenvalue weighted by Crippen LogP contribution is -2.26. The van der Waals surface area contributed by atoms with Crippen LogP contribution in [0.3, 0.4) is 0 Å². The van der Waals surface area contributed by atoms with Crippen LogP contribution in [0.1, 0.15) is 0 Å². The Morgan fingerprint density at radius 2 is 1.94 bits per heavy atom. The predicted octanol–water partition coefficient (Wildman–Crippen LogP) is 3.00. The van der Waals surface area contributed by atoms with Crippen molar-refractivity contribution in [3.05, 3.63) is 26.7 Å². The van der Waals surface area contributed by atoms with Gasteiger partial charge in [0.05, 0.1) is 10.0 Å². The van der Waals surface area contributed by atoms with Crippen molar-refractivity contribution in [3.63, 3.8) is 0 Å². The van der Waals surface area contributed by atoms with Crippen molar-refractivity contribution in [1.29, 1.82) is 0 Å². The van der Waals surface area contributed by atoms with Crippen molar-refractivity contribution < 1.29 is 12.8 Å². The van der Waals surface area contributed by atoms with E-state index in [1.165, 1.54) is 12.1 Å². The number of hydrogen-bond donors (Lipinski definition) is 1. The van der Waals surface area contributed by atoms with Crippen LogP contribution in [0, 0.1) is 0 Å². The highest BCUT2D eigenvalue weighted by atomic mass is 79.9. The first-order valence-electron chi connectivity index (χ1n) is 4.09. The topological polar surface area (TPSA) is 46.2 Å². The fourth-order valence-corrected chi connectivity index (χ4v) is 3.19. The summed E-state index contributed by atoms with van der Waals surface area (Å²) in [6.45, 7) is -1.09. The summed E-state index contributed by atoms with van der Waals surface area (Å²) < 4.78 is 37.7. The van der Waals surface area contributed by atoms with Crippen LogP contribution in [-0.2, 0) is 10.0 Å². The van der Waals surface area contributed by atoms with E-state index in [1.807, 2.05) is 0 Å². The third kappa shape index (κ3) is 3.07. The number of sulfonamides is 1. The molecule has 1 rings (SSSR count). The molecule has 0 unspecified atom stereocenters. The number of hydrogen-bond acceptors (Lipinski definition) is 2. The van der Waals surface area contributed by atoms with Gasteiger partial charge >= 0.3 is 0 Å². The molecular weight excluding hydrogens is 344 g/mol. The molecule has 90 valence electrons. The van der Waals surface area contributed by atoms with Crippen molar-refractivity contribution >= 4 is 49.2 Å². The van der Waals surface area contributed by atoms with Crippen LogP contribution in [0.25, 0.3) is 0 Å². The molecule has 0 aromatic heterocycles. The zero-order chi connectivity index (χ0) is 12.3. The van der Waals surface area contributed by atoms with Crippen LogP contribution in [0.5, 0.6) is 0 Å². The van der Waals surface area contributed by atoms with E-state index >= 15 is 0 Å². The van der Waals surface area contributed by atoms with Crippen molar-refractivity contribution in [3.8, 4) is 0 Å². The fourth-order valence-electron chi connectivity index (χ4n) is 0.966. The van der Waals surface area contributed by atoms with E-state index in [0.29, 0.717) is 4.47 Å². The lowest BCUT2D eigenvalue weighted by Gasteiger charge is -2.08. The Kier molecular flexibility index (Phi) is 5.00. The Morgan fingerprint density at radius 1 is 1.31 bits per heavy atom. The van der Waals surface area contributed by atoms with Gasteiger partial charge in [-0.25, -0.2) is 17.5 Å². The highest BCUT2D eigenvalue weighted by Crippen LogP contribution is 2.34. The molecule has 0 heterocycles. The number of alkyl halides is 1. The van der Waals surface area contributed by atoms with Gasteiger partial charge in [0.25, 0.3) is 0 Å². The molecule has 0 spiro atoms. The molecule has 1 N–H and O–H groups in total. The minimum Gasteiger partial charge on any atom is -0.250 e. The van der Waals surface area contributed by atoms with Gasteiger partial charge in [0.1, 0.15) is 11.6 Å². The summed E-state index contributed by atoms with van der Waals surface area (Å²) in [6.07, 6.45) is 0. The molecule has 16 heavy (non-hydrogen) atoms. The maximum atomic E-state index is 11.9. The van der Waals surface area contributed by atoms with Crippen LogP contribution in [-0.4, -0.2) is 21.6 Å². The van der Waals surface area contributed by atoms with Gasteiger partial charge in [-0.15, -0.1) is 0 Å². The Labute approximate surface area is 111 Å². The zero-order valence-corrected chi connectivity index (χ0v) is 11.7. The monoisotopic (exact) mass is 349 g/mol. The summed E-state index contributed by atoms with van der Waals surface area (Å²) in [4.78, 5) is -0.171. The van der Waals surface area contributed by atoms with Crippen LogP contribution >= 0.6 is 39.1 Å². The van der Waals surface area contributed by atoms with Crippen LogP contribution in [0.2, 0.25) is 10.0 Å². The molecule has 0 aliphatic rings. The molecule has 8 heteroatoms. The quantitative estimate of drug-likeness (QED) is 0.848. The molecule has 0 bridgehead atoms. The summed E-state index contributed by atoms with van der Waals surface area (Å²) in [5, 5.41) is 0.00666. The molecule has 1 aromatic rings. The normalized spacial score (nSPS) is 11.8. The average molecular weight is 351 g/mol. The molecule has 0 fully saturated rings. The van der Waals surface area contributed by atoms with Gasteiger partial charge in [-0.3, -0.25) is 0 Å². The van der Waals surface area contributed by atoms with Gasteiger partial charge < -0.3 is 0 Å². The van der Waals surface area contributed by atoms with Gasteiger partial charge in [0.15, 0.2) is 0 Å². The van der Waals surface area contributed by atoms with Gasteiger partial charge in [-0.05, 0) is 28.1 Å². The SMILES string of the molecule is O=S(=O)(NCCF)c1ccc(Br)c(Cl)c1Cl. The first kappa shape index (κ1) is 14.2. The van der Waals surface area contributed by atoms with E-state index in [-0.39, 0.29) is 21.5 Å². The predicted molar refractivity (Wildman–Crippen MR) is 65.3 cm³/mol. The Bertz CT molecular complexity index is 495. The van der Waals surface area contributed by atoms with Gasteiger partial charge in [0, 0.05) is 11.0 Å². The Morgan fingerprint density at radius 3 is 2.50 bits per heavy atom. The van der Waals surface area contributed by atoms with Crippen molar-refractivity contribution in [1.82, 2.24) is 4.72 Å². The molecule has 0 saturated heterocycles. The number of halogens is 4. The average Bonchev–Trinajstić information content (AvgIpc) is 2.23. The molecule has 1 aromatic carbocycles. The Balaban J connectivity index is 3.19. The second-order valence-corrected chi connectivity index (χ2v) is 6.11. The molecule has 0 aliphatic carbocycles. The standard InChI is InChI=1S/C8H7BrCl2FNO2S/c9-5-1-2-6(8(11)7(5)10)16(14,15)13-4-3-12/h1-2,13H,3-4H2. The van der Waals surface area contributed by atoms with E-state index in [0.717, 1.165) is 0 Å². The van der Waals surface area contributed by atoms with Crippen LogP contribution < -0.4 is 4.72 Å². The van der Waals surface area contributed by atoms with Crippen molar-refractivity contribution in [2.24, 2.45) is 0 Å². The molecule has 3 nitrogen and oxygen atoms in total. The van der Waals surface area contributed by atoms with Gasteiger partial charge in [-0.2, -0.15) is 0 Å². The minimum atomic E-state index is -3.82. The molecular formula is C8H7BrCl2FNO2S. The summed E-state index contributed by atoms with van der Waals surface area (Å²) in [7, 11) is -3.82. The maximum absolute atomic E-state index is 11.9. The van der Waals surface area contributed by atoms with E-state index in [2.05, 4.69) is 20.7 Å². The third-order valence-corrected chi connectivity index (χ3v) is 5.06. The molecule has 0 saturated carbocycles. The molecule has 0 aliphatic heterocycles. The van der Waals surface area contributed by atoms with E-state index in [1.54, 1.807) is 0 Å². The second kappa shape index (κ2) is 5.64. The highest BCUT2D eigenvalue weighted by molar-refractivity contribution is 9.10. The number of nitrogens with one attached hydrogen (secondary N) is 1. The largest absolute Gasteiger partial charge is 0.250 e. The lowest BCUT2D eigenvalue weighted by atomic mass is 10.4. The van der Waals surface area contributed by atoms with E-state index < -0.39 is 16.7 Å². The van der Waals surface area contributed by atoms with Crippen molar-refractivity contribution in [2.75, 3.05) is 13.2 Å². The van der Waals surface area contributed by atoms with E-state index in [4.69, 9.17) is 23.2 Å². The first-order valence-corrected chi connectivity index (χ1v) is 7.12. The van der Waals surface area contributed by atoms with Crippen LogP contribution in [0.4, 0.5) is 4.39 Å². The molecule has 0 radical (unpaired) electrons. The maximum Gasteiger partial charge on any atom is 0.242 e. The summed E-state index contributed by atoms with van der Waals surface area (Å²) in [5.41, 5.74) is 0. The summed E-state index contributed by atoms with van der Waals surface area (Å²) >= 11 is 14.7. The van der Waals surface area contributed by atoms with Crippen LogP contribution in [0.15, 0.2) is 21.5 Å². The summed E-state index contributed by atoms with van der Waals surface area (Å²) in [5.74, 6) is 0. The molecule has 0 atom stereocenters. The van der Waals surface area contributed by atoms with Gasteiger partial charge in [0.2, 0.25) is 10.0 Å². The second-order valence-electron chi connectivity index (χ2n) is 2.76. The Hall–Kier alpha value is 0.120. The van der Waals surface area contributed by atoms with E-state index in [9.17, 15) is 12.8 Å². The smallest absolute Gasteiger partial charge is 0.242 e. The molecule has 0 amide bonds.